The van der Waals surface area contributed by atoms with Crippen LogP contribution < -0.4 is 5.32 Å². The Bertz CT molecular complexity index is 87.6. The first-order valence-electron chi connectivity index (χ1n) is 3.71. The highest BCUT2D eigenvalue weighted by molar-refractivity contribution is 4.74. The molecule has 1 rings (SSSR count). The van der Waals surface area contributed by atoms with E-state index < -0.39 is 0 Å². The normalized spacial score (nSPS) is 34.2. The molecule has 3 heteroatoms. The first-order chi connectivity index (χ1) is 4.86. The quantitative estimate of drug-likeness (QED) is 0.533. The third-order valence-corrected chi connectivity index (χ3v) is 1.96. The van der Waals surface area contributed by atoms with Gasteiger partial charge in [0.15, 0.2) is 0 Å². The molecule has 1 radical (unpaired) electrons. The summed E-state index contributed by atoms with van der Waals surface area (Å²) in [5.41, 5.74) is 0. The lowest BCUT2D eigenvalue weighted by atomic mass is 9.92. The topological polar surface area (TPSA) is 54.6 Å². The molecule has 3 nitrogen and oxygen atoms in total. The molecule has 59 valence electrons. The Morgan fingerprint density at radius 1 is 1.10 bits per heavy atom. The van der Waals surface area contributed by atoms with Crippen molar-refractivity contribution < 1.29 is 10.2 Å². The Balaban J connectivity index is 2.25. The summed E-state index contributed by atoms with van der Waals surface area (Å²) in [6.45, 7) is 1.96. The van der Waals surface area contributed by atoms with E-state index in [1.165, 1.54) is 0 Å². The van der Waals surface area contributed by atoms with E-state index in [0.29, 0.717) is 11.8 Å². The number of nitrogens with zero attached hydrogens (tertiary/aromatic N) is 1. The minimum Gasteiger partial charge on any atom is -0.396 e. The van der Waals surface area contributed by atoms with Crippen LogP contribution in [-0.2, 0) is 0 Å². The van der Waals surface area contributed by atoms with Crippen LogP contribution in [0.4, 0.5) is 0 Å². The number of aliphatic hydroxyl groups excluding tert-OH is 2. The fourth-order valence-corrected chi connectivity index (χ4v) is 1.32. The minimum absolute atomic E-state index is 0.208. The predicted octanol–water partition coefficient (Wildman–Crippen LogP) is -0.789. The van der Waals surface area contributed by atoms with Gasteiger partial charge in [-0.2, -0.15) is 0 Å². The SMILES string of the molecule is OCC1C[N]CC(CO)C1. The van der Waals surface area contributed by atoms with Crippen LogP contribution >= 0.6 is 0 Å². The molecule has 1 saturated heterocycles. The Morgan fingerprint density at radius 2 is 1.60 bits per heavy atom. The zero-order valence-corrected chi connectivity index (χ0v) is 6.03. The highest BCUT2D eigenvalue weighted by atomic mass is 16.3. The third kappa shape index (κ3) is 1.94. The van der Waals surface area contributed by atoms with E-state index in [1.54, 1.807) is 0 Å². The zero-order valence-electron chi connectivity index (χ0n) is 6.03. The summed E-state index contributed by atoms with van der Waals surface area (Å²) in [6.07, 6.45) is 0.927. The lowest BCUT2D eigenvalue weighted by molar-refractivity contribution is 0.131. The lowest BCUT2D eigenvalue weighted by Crippen LogP contribution is -2.34. The summed E-state index contributed by atoms with van der Waals surface area (Å²) in [6, 6.07) is 0. The van der Waals surface area contributed by atoms with Crippen molar-refractivity contribution in [3.05, 3.63) is 0 Å². The minimum atomic E-state index is 0.208. The predicted molar refractivity (Wildman–Crippen MR) is 37.6 cm³/mol. The molecule has 2 unspecified atom stereocenters. The molecule has 10 heavy (non-hydrogen) atoms. The summed E-state index contributed by atoms with van der Waals surface area (Å²) in [5, 5.41) is 21.7. The van der Waals surface area contributed by atoms with Gasteiger partial charge >= 0.3 is 0 Å². The van der Waals surface area contributed by atoms with Gasteiger partial charge in [0.05, 0.1) is 0 Å². The molecule has 2 N–H and O–H groups in total. The highest BCUT2D eigenvalue weighted by Gasteiger charge is 2.20. The molecule has 0 aromatic rings. The van der Waals surface area contributed by atoms with Crippen LogP contribution in [0.3, 0.4) is 0 Å². The number of hydrogen-bond donors (Lipinski definition) is 2. The average Bonchev–Trinajstić information content (AvgIpc) is 2.05. The largest absolute Gasteiger partial charge is 0.396 e. The van der Waals surface area contributed by atoms with Crippen LogP contribution in [0.15, 0.2) is 0 Å². The summed E-state index contributed by atoms with van der Waals surface area (Å²) in [4.78, 5) is 0. The molecular formula is C7H14NO2. The number of rotatable bonds is 2. The number of aliphatic hydroxyl groups is 2. The Hall–Kier alpha value is -0.120. The second kappa shape index (κ2) is 3.91. The Kier molecular flexibility index (Phi) is 3.12. The summed E-state index contributed by atoms with van der Waals surface area (Å²) in [5.74, 6) is 0.594. The van der Waals surface area contributed by atoms with E-state index in [1.807, 2.05) is 0 Å². The maximum absolute atomic E-state index is 8.76. The molecule has 0 spiro atoms. The van der Waals surface area contributed by atoms with Crippen LogP contribution in [-0.4, -0.2) is 36.5 Å². The van der Waals surface area contributed by atoms with Gasteiger partial charge in [-0.3, -0.25) is 0 Å². The van der Waals surface area contributed by atoms with Crippen LogP contribution in [0.1, 0.15) is 6.42 Å². The Morgan fingerprint density at radius 3 is 2.00 bits per heavy atom. The van der Waals surface area contributed by atoms with Crippen molar-refractivity contribution in [1.82, 2.24) is 5.32 Å². The van der Waals surface area contributed by atoms with E-state index in [4.69, 9.17) is 10.2 Å². The first-order valence-corrected chi connectivity index (χ1v) is 3.71. The molecule has 1 heterocycles. The standard InChI is InChI=1S/C7H14NO2/c9-4-6-1-7(5-10)3-8-2-6/h6-7,9-10H,1-5H2. The fourth-order valence-electron chi connectivity index (χ4n) is 1.32. The van der Waals surface area contributed by atoms with Crippen LogP contribution in [0, 0.1) is 11.8 Å². The van der Waals surface area contributed by atoms with E-state index in [-0.39, 0.29) is 13.2 Å². The van der Waals surface area contributed by atoms with Crippen molar-refractivity contribution in [1.29, 1.82) is 0 Å². The molecule has 0 saturated carbocycles. The number of piperidine rings is 1. The lowest BCUT2D eigenvalue weighted by Gasteiger charge is -2.25. The van der Waals surface area contributed by atoms with Crippen molar-refractivity contribution in [3.63, 3.8) is 0 Å². The molecule has 0 aromatic heterocycles. The van der Waals surface area contributed by atoms with Crippen molar-refractivity contribution >= 4 is 0 Å². The van der Waals surface area contributed by atoms with E-state index in [9.17, 15) is 0 Å². The smallest absolute Gasteiger partial charge is 0.0472 e. The zero-order chi connectivity index (χ0) is 7.40. The van der Waals surface area contributed by atoms with Crippen molar-refractivity contribution in [2.45, 2.75) is 6.42 Å². The van der Waals surface area contributed by atoms with Crippen LogP contribution in [0.2, 0.25) is 0 Å². The molecule has 0 aliphatic carbocycles. The van der Waals surface area contributed by atoms with Gasteiger partial charge in [0.2, 0.25) is 0 Å². The number of hydrogen-bond acceptors (Lipinski definition) is 2. The summed E-state index contributed by atoms with van der Waals surface area (Å²) >= 11 is 0. The van der Waals surface area contributed by atoms with Gasteiger partial charge in [0, 0.05) is 26.3 Å². The summed E-state index contributed by atoms with van der Waals surface area (Å²) < 4.78 is 0. The molecule has 2 atom stereocenters. The molecule has 1 aliphatic rings. The molecule has 1 fully saturated rings. The van der Waals surface area contributed by atoms with Gasteiger partial charge in [-0.1, -0.05) is 0 Å². The van der Waals surface area contributed by atoms with Gasteiger partial charge in [-0.05, 0) is 18.3 Å². The maximum Gasteiger partial charge on any atom is 0.0472 e. The third-order valence-electron chi connectivity index (χ3n) is 1.96. The first kappa shape index (κ1) is 7.98. The van der Waals surface area contributed by atoms with Crippen molar-refractivity contribution in [2.75, 3.05) is 26.3 Å². The van der Waals surface area contributed by atoms with Crippen molar-refractivity contribution in [3.8, 4) is 0 Å². The Labute approximate surface area is 61.1 Å². The monoisotopic (exact) mass is 144 g/mol. The maximum atomic E-state index is 8.76. The van der Waals surface area contributed by atoms with E-state index in [0.717, 1.165) is 19.5 Å². The fraction of sp³-hybridized carbons (Fsp3) is 1.00. The molecule has 0 amide bonds. The second-order valence-corrected chi connectivity index (χ2v) is 2.92. The second-order valence-electron chi connectivity index (χ2n) is 2.92. The highest BCUT2D eigenvalue weighted by Crippen LogP contribution is 2.15. The molecule has 1 aliphatic heterocycles. The van der Waals surface area contributed by atoms with Gasteiger partial charge in [-0.15, -0.1) is 0 Å². The van der Waals surface area contributed by atoms with Gasteiger partial charge in [0.25, 0.3) is 0 Å². The average molecular weight is 144 g/mol. The van der Waals surface area contributed by atoms with Crippen molar-refractivity contribution in [2.24, 2.45) is 11.8 Å². The van der Waals surface area contributed by atoms with E-state index >= 15 is 0 Å². The van der Waals surface area contributed by atoms with Gasteiger partial charge in [-0.25, -0.2) is 5.32 Å². The molecular weight excluding hydrogens is 130 g/mol. The van der Waals surface area contributed by atoms with Crippen LogP contribution in [0.25, 0.3) is 0 Å². The van der Waals surface area contributed by atoms with Gasteiger partial charge in [0.1, 0.15) is 0 Å². The van der Waals surface area contributed by atoms with E-state index in [2.05, 4.69) is 5.32 Å². The molecule has 0 aromatic carbocycles. The van der Waals surface area contributed by atoms with Gasteiger partial charge < -0.3 is 10.2 Å². The molecule has 0 bridgehead atoms. The summed E-state index contributed by atoms with van der Waals surface area (Å²) in [7, 11) is 0. The van der Waals surface area contributed by atoms with Crippen LogP contribution in [0.5, 0.6) is 0 Å².